The molecule has 2 bridgehead atoms. The number of aliphatic hydroxyl groups excluding tert-OH is 1. The van der Waals surface area contributed by atoms with Crippen molar-refractivity contribution in [3.05, 3.63) is 118 Å². The number of phenolic OH excluding ortho intramolecular Hbond substituents is 1. The van der Waals surface area contributed by atoms with Gasteiger partial charge < -0.3 is 44.6 Å². The molecule has 20 heteroatoms. The Balaban J connectivity index is 0.703. The minimum Gasteiger partial charge on any atom is -0.508 e. The zero-order valence-electron chi connectivity index (χ0n) is 44.5. The van der Waals surface area contributed by atoms with Crippen LogP contribution in [0.2, 0.25) is 10.0 Å². The number of nitrogens with one attached hydrogen (secondary N) is 2. The number of phenols is 1. The third kappa shape index (κ3) is 11.2. The van der Waals surface area contributed by atoms with Gasteiger partial charge in [0, 0.05) is 83.5 Å². The number of halogens is 4. The van der Waals surface area contributed by atoms with Crippen LogP contribution < -0.4 is 25.0 Å². The Morgan fingerprint density at radius 2 is 1.69 bits per heavy atom. The molecule has 4 aliphatic rings. The van der Waals surface area contributed by atoms with Crippen molar-refractivity contribution >= 4 is 62.5 Å². The summed E-state index contributed by atoms with van der Waals surface area (Å²) in [5.74, 6) is 0.338. The first-order valence-electron chi connectivity index (χ1n) is 27.2. The number of carbonyl (C=O) groups excluding carboxylic acids is 2. The van der Waals surface area contributed by atoms with Gasteiger partial charge in [-0.15, -0.1) is 6.42 Å². The van der Waals surface area contributed by atoms with Gasteiger partial charge >= 0.3 is 6.01 Å². The lowest BCUT2D eigenvalue weighted by Crippen LogP contribution is -2.51. The largest absolute Gasteiger partial charge is 0.508 e. The highest BCUT2D eigenvalue weighted by atomic mass is 35.5. The molecule has 2 unspecified atom stereocenters. The summed E-state index contributed by atoms with van der Waals surface area (Å²) in [5.41, 5.74) is 2.29. The second kappa shape index (κ2) is 23.1. The zero-order chi connectivity index (χ0) is 55.9. The number of anilines is 1. The number of nitrogens with zero attached hydrogens (tertiary/aromatic N) is 7. The molecule has 0 aliphatic carbocycles. The lowest BCUT2D eigenvalue weighted by atomic mass is 9.91. The Hall–Kier alpha value is -7.14. The first-order chi connectivity index (χ1) is 38.6. The molecule has 4 N–H and O–H groups in total. The Labute approximate surface area is 471 Å². The third-order valence-corrected chi connectivity index (χ3v) is 16.7. The van der Waals surface area contributed by atoms with Crippen LogP contribution in [0.15, 0.2) is 83.5 Å². The molecule has 16 nitrogen and oxygen atoms in total. The third-order valence-electron chi connectivity index (χ3n) is 16.1. The number of aliphatic hydroxyl groups is 1. The second-order valence-electron chi connectivity index (χ2n) is 21.8. The Morgan fingerprint density at radius 3 is 2.40 bits per heavy atom. The second-order valence-corrected chi connectivity index (χ2v) is 22.6. The summed E-state index contributed by atoms with van der Waals surface area (Å²) in [6.45, 7) is 9.68. The van der Waals surface area contributed by atoms with Crippen LogP contribution in [0.3, 0.4) is 0 Å². The highest BCUT2D eigenvalue weighted by molar-refractivity contribution is 6.39. The lowest BCUT2D eigenvalue weighted by Gasteiger charge is -2.34. The number of aromatic hydroxyl groups is 1. The molecule has 4 aromatic carbocycles. The number of piperazine rings is 1. The number of benzene rings is 4. The van der Waals surface area contributed by atoms with Gasteiger partial charge in [0.25, 0.3) is 5.88 Å². The number of piperidine rings is 1. The number of pyridine rings is 1. The molecule has 4 saturated heterocycles. The van der Waals surface area contributed by atoms with E-state index < -0.39 is 35.7 Å². The first kappa shape index (κ1) is 54.8. The van der Waals surface area contributed by atoms with Crippen molar-refractivity contribution in [2.24, 2.45) is 11.8 Å². The van der Waals surface area contributed by atoms with Gasteiger partial charge in [0.15, 0.2) is 11.6 Å². The summed E-state index contributed by atoms with van der Waals surface area (Å²) in [6.07, 6.45) is 10.2. The van der Waals surface area contributed by atoms with E-state index >= 15 is 8.78 Å². The van der Waals surface area contributed by atoms with E-state index in [1.54, 1.807) is 24.3 Å². The summed E-state index contributed by atoms with van der Waals surface area (Å²) in [4.78, 5) is 48.0. The normalized spacial score (nSPS) is 20.4. The van der Waals surface area contributed by atoms with Crippen molar-refractivity contribution < 1.29 is 42.6 Å². The molecule has 4 fully saturated rings. The van der Waals surface area contributed by atoms with Crippen molar-refractivity contribution in [1.29, 1.82) is 0 Å². The van der Waals surface area contributed by atoms with Gasteiger partial charge in [-0.05, 0) is 110 Å². The maximum absolute atomic E-state index is 17.1. The fourth-order valence-electron chi connectivity index (χ4n) is 11.9. The smallest absolute Gasteiger partial charge is 0.319 e. The van der Waals surface area contributed by atoms with Gasteiger partial charge in [0.05, 0.1) is 29.7 Å². The minimum absolute atomic E-state index is 0.000935. The predicted molar refractivity (Wildman–Crippen MR) is 301 cm³/mol. The Morgan fingerprint density at radius 1 is 0.950 bits per heavy atom. The first-order valence-corrected chi connectivity index (χ1v) is 27.9. The monoisotopic (exact) mass is 1130 g/mol. The van der Waals surface area contributed by atoms with Crippen LogP contribution in [0.25, 0.3) is 44.1 Å². The zero-order valence-corrected chi connectivity index (χ0v) is 46.0. The highest BCUT2D eigenvalue weighted by Crippen LogP contribution is 2.41. The average molecular weight is 1130 g/mol. The van der Waals surface area contributed by atoms with E-state index in [0.29, 0.717) is 58.6 Å². The van der Waals surface area contributed by atoms with Gasteiger partial charge in [0.1, 0.15) is 47.2 Å². The van der Waals surface area contributed by atoms with E-state index in [1.807, 2.05) is 45.0 Å². The quantitative estimate of drug-likeness (QED) is 0.0669. The molecule has 0 spiro atoms. The van der Waals surface area contributed by atoms with Gasteiger partial charge in [-0.1, -0.05) is 79.4 Å². The minimum atomic E-state index is -0.898. The molecule has 80 heavy (non-hydrogen) atoms. The number of aromatic nitrogens is 4. The number of carbonyl (C=O) groups is 2. The molecular weight excluding hydrogens is 1070 g/mol. The summed E-state index contributed by atoms with van der Waals surface area (Å²) in [7, 11) is 0. The molecule has 4 aliphatic heterocycles. The van der Waals surface area contributed by atoms with Crippen molar-refractivity contribution in [2.45, 2.75) is 89.1 Å². The number of fused-ring (bicyclic) bond motifs is 4. The number of terminal acetylenes is 1. The Kier molecular flexibility index (Phi) is 15.9. The van der Waals surface area contributed by atoms with Gasteiger partial charge in [-0.25, -0.2) is 8.78 Å². The molecule has 3 aromatic heterocycles. The van der Waals surface area contributed by atoms with E-state index in [9.17, 15) is 19.8 Å². The molecule has 416 valence electrons. The van der Waals surface area contributed by atoms with Crippen LogP contribution in [0.5, 0.6) is 17.6 Å². The van der Waals surface area contributed by atoms with E-state index in [2.05, 4.69) is 41.5 Å². The summed E-state index contributed by atoms with van der Waals surface area (Å²) in [5, 5.41) is 34.5. The molecule has 11 rings (SSSR count). The molecule has 6 atom stereocenters. The fraction of sp³-hybridized carbons (Fsp3) is 0.400. The molecule has 7 aromatic rings. The molecule has 0 saturated carbocycles. The van der Waals surface area contributed by atoms with Gasteiger partial charge in [-0.3, -0.25) is 19.5 Å². The summed E-state index contributed by atoms with van der Waals surface area (Å²) < 4.78 is 50.3. The number of likely N-dealkylation sites (tertiary alicyclic amines) is 2. The van der Waals surface area contributed by atoms with Crippen LogP contribution in [0.1, 0.15) is 81.7 Å². The number of ether oxygens (including phenoxy) is 2. The lowest BCUT2D eigenvalue weighted by molar-refractivity contribution is -0.141. The van der Waals surface area contributed by atoms with Crippen molar-refractivity contribution in [1.82, 2.24) is 40.5 Å². The number of β-amino-alcohol motifs (C(OH)–C–C–N with tert-alkyl or cyclic N) is 1. The number of amides is 2. The molecule has 0 radical (unpaired) electrons. The standard InChI is InChI=1S/C60H61Cl2F2N9O7/c1-5-42-47(63)16-13-37-23-40(74)24-43(52(37)42)55-54(64)56-44(27-65-55)57(72-28-38-14-15-39(29-72)67-38)69-60(68-56)78-22-21-71-19-17-34(18-20-71)31-79-50-26-49(80-70-50)51(32(2)3)59(77)73-30-41(75)25-48(73)58(76)66-33(4)35-9-11-36(12-10-35)53-45(61)7-6-8-46(53)62/h1,6-13,16,23-24,26-27,32-34,38-39,41,48,51,67,74-75H,14-15,17-22,25,28-31H2,2-4H3,(H,66,76)/t33-,38?,39?,41+,48-,51+/m0/s1. The number of hydrogen-bond acceptors (Lipinski definition) is 14. The van der Waals surface area contributed by atoms with Crippen LogP contribution >= 0.6 is 23.2 Å². The average Bonchev–Trinajstić information content (AvgIpc) is 4.15. The van der Waals surface area contributed by atoms with Crippen LogP contribution in [0.4, 0.5) is 14.6 Å². The van der Waals surface area contributed by atoms with E-state index in [-0.39, 0.29) is 101 Å². The fourth-order valence-corrected chi connectivity index (χ4v) is 12.5. The maximum Gasteiger partial charge on any atom is 0.319 e. The van der Waals surface area contributed by atoms with E-state index in [0.717, 1.165) is 55.5 Å². The summed E-state index contributed by atoms with van der Waals surface area (Å²) in [6, 6.07) is 19.2. The summed E-state index contributed by atoms with van der Waals surface area (Å²) >= 11 is 12.9. The van der Waals surface area contributed by atoms with E-state index in [1.165, 1.54) is 35.4 Å². The van der Waals surface area contributed by atoms with Gasteiger partial charge in [-0.2, -0.15) is 9.97 Å². The van der Waals surface area contributed by atoms with Gasteiger partial charge in [0.2, 0.25) is 11.8 Å². The molecular formula is C60H61Cl2F2N9O7. The topological polar surface area (TPSA) is 192 Å². The van der Waals surface area contributed by atoms with E-state index in [4.69, 9.17) is 48.6 Å². The maximum atomic E-state index is 17.1. The van der Waals surface area contributed by atoms with Crippen molar-refractivity contribution in [3.63, 3.8) is 0 Å². The van der Waals surface area contributed by atoms with Crippen molar-refractivity contribution in [2.75, 3.05) is 57.4 Å². The predicted octanol–water partition coefficient (Wildman–Crippen LogP) is 9.46. The number of rotatable bonds is 16. The molecule has 7 heterocycles. The van der Waals surface area contributed by atoms with Crippen molar-refractivity contribution in [3.8, 4) is 52.4 Å². The van der Waals surface area contributed by atoms with Crippen LogP contribution in [0, 0.1) is 35.8 Å². The van der Waals surface area contributed by atoms with Crippen LogP contribution in [-0.2, 0) is 9.59 Å². The number of hydrogen-bond donors (Lipinski definition) is 4. The SMILES string of the molecule is C#Cc1c(F)ccc2cc(O)cc(-c3ncc4c(N5CC6CCC(C5)N6)nc(OCCN5CCC(COc6cc([C@H](C(=O)N7C[C@H](O)C[C@H]7C(=O)N[C@@H](C)c7ccc(-c8c(Cl)cccc8Cl)cc7)C(C)C)on6)CC5)nc4c3F)c12. The highest BCUT2D eigenvalue weighted by Gasteiger charge is 2.44. The Bertz CT molecular complexity index is 3490. The van der Waals surface area contributed by atoms with Crippen LogP contribution in [-0.4, -0.2) is 129 Å². The molecule has 2 amide bonds.